The largest absolute Gasteiger partial charge is 0.494 e. The van der Waals surface area contributed by atoms with Crippen LogP contribution in [0.1, 0.15) is 15.9 Å². The number of aromatic nitrogens is 1. The zero-order chi connectivity index (χ0) is 13.8. The molecule has 1 heterocycles. The lowest BCUT2D eigenvalue weighted by atomic mass is 10.1. The first kappa shape index (κ1) is 13.0. The fourth-order valence-corrected chi connectivity index (χ4v) is 1.83. The van der Waals surface area contributed by atoms with Crippen LogP contribution in [-0.4, -0.2) is 27.7 Å². The van der Waals surface area contributed by atoms with Crippen molar-refractivity contribution in [1.82, 2.24) is 4.57 Å². The van der Waals surface area contributed by atoms with Gasteiger partial charge in [-0.3, -0.25) is 9.36 Å². The molecule has 19 heavy (non-hydrogen) atoms. The molecule has 2 N–H and O–H groups in total. The fraction of sp³-hybridized carbons (Fsp3) is 0.214. The van der Waals surface area contributed by atoms with Gasteiger partial charge in [-0.25, -0.2) is 0 Å². The second kappa shape index (κ2) is 5.48. The Kier molecular flexibility index (Phi) is 3.75. The van der Waals surface area contributed by atoms with E-state index in [0.717, 1.165) is 11.8 Å². The van der Waals surface area contributed by atoms with Crippen LogP contribution in [0.5, 0.6) is 17.5 Å². The number of hydrogen-bond donors (Lipinski definition) is 2. The topological polar surface area (TPSA) is 71.7 Å². The molecule has 0 atom stereocenters. The summed E-state index contributed by atoms with van der Waals surface area (Å²) in [6.07, 6.45) is 0.784. The highest BCUT2D eigenvalue weighted by Gasteiger charge is 2.06. The van der Waals surface area contributed by atoms with Gasteiger partial charge in [0.2, 0.25) is 0 Å². The molecule has 100 valence electrons. The first-order chi connectivity index (χ1) is 9.11. The third kappa shape index (κ3) is 2.88. The summed E-state index contributed by atoms with van der Waals surface area (Å²) in [5.74, 6) is 0.667. The second-order valence-corrected chi connectivity index (χ2v) is 4.19. The number of rotatable bonds is 5. The third-order valence-electron chi connectivity index (χ3n) is 2.84. The Morgan fingerprint density at radius 1 is 1.21 bits per heavy atom. The van der Waals surface area contributed by atoms with Gasteiger partial charge in [-0.2, -0.15) is 0 Å². The SMILES string of the molecule is Cc1cc(C=O)ccc1OCCn1c(O)ccc1O. The number of benzene rings is 1. The van der Waals surface area contributed by atoms with Crippen LogP contribution in [0.25, 0.3) is 0 Å². The Labute approximate surface area is 110 Å². The van der Waals surface area contributed by atoms with Gasteiger partial charge in [-0.05, 0) is 30.7 Å². The molecule has 0 aliphatic heterocycles. The van der Waals surface area contributed by atoms with Crippen molar-refractivity contribution >= 4 is 6.29 Å². The van der Waals surface area contributed by atoms with E-state index < -0.39 is 0 Å². The molecular weight excluding hydrogens is 246 g/mol. The van der Waals surface area contributed by atoms with Crippen molar-refractivity contribution in [2.24, 2.45) is 0 Å². The predicted molar refractivity (Wildman–Crippen MR) is 69.8 cm³/mol. The Balaban J connectivity index is 1.98. The Morgan fingerprint density at radius 3 is 2.47 bits per heavy atom. The first-order valence-electron chi connectivity index (χ1n) is 5.88. The fourth-order valence-electron chi connectivity index (χ4n) is 1.83. The number of carbonyl (C=O) groups is 1. The number of carbonyl (C=O) groups excluding carboxylic acids is 1. The molecule has 0 spiro atoms. The van der Waals surface area contributed by atoms with E-state index in [2.05, 4.69) is 0 Å². The van der Waals surface area contributed by atoms with Crippen LogP contribution in [-0.2, 0) is 6.54 Å². The molecule has 0 unspecified atom stereocenters. The van der Waals surface area contributed by atoms with E-state index in [4.69, 9.17) is 4.74 Å². The van der Waals surface area contributed by atoms with Gasteiger partial charge in [0.25, 0.3) is 0 Å². The minimum Gasteiger partial charge on any atom is -0.494 e. The van der Waals surface area contributed by atoms with Crippen LogP contribution in [0.3, 0.4) is 0 Å². The summed E-state index contributed by atoms with van der Waals surface area (Å²) in [7, 11) is 0. The normalized spacial score (nSPS) is 10.4. The van der Waals surface area contributed by atoms with E-state index in [1.165, 1.54) is 16.7 Å². The van der Waals surface area contributed by atoms with E-state index in [1.54, 1.807) is 18.2 Å². The number of aromatic hydroxyl groups is 2. The van der Waals surface area contributed by atoms with Crippen LogP contribution in [0, 0.1) is 6.92 Å². The van der Waals surface area contributed by atoms with E-state index >= 15 is 0 Å². The van der Waals surface area contributed by atoms with Gasteiger partial charge in [-0.1, -0.05) is 0 Å². The highest BCUT2D eigenvalue weighted by molar-refractivity contribution is 5.75. The van der Waals surface area contributed by atoms with Gasteiger partial charge >= 0.3 is 0 Å². The zero-order valence-electron chi connectivity index (χ0n) is 10.5. The van der Waals surface area contributed by atoms with Gasteiger partial charge in [0.1, 0.15) is 18.6 Å². The lowest BCUT2D eigenvalue weighted by Gasteiger charge is -2.11. The zero-order valence-corrected chi connectivity index (χ0v) is 10.5. The minimum atomic E-state index is -0.00544. The standard InChI is InChI=1S/C14H15NO4/c1-10-8-11(9-16)2-3-12(10)19-7-6-15-13(17)4-5-14(15)18/h2-5,8-9,17-18H,6-7H2,1H3. The number of aryl methyl sites for hydroxylation is 1. The van der Waals surface area contributed by atoms with Crippen LogP contribution in [0.4, 0.5) is 0 Å². The molecule has 0 aliphatic carbocycles. The molecule has 0 radical (unpaired) electrons. The van der Waals surface area contributed by atoms with Crippen molar-refractivity contribution in [3.63, 3.8) is 0 Å². The maximum atomic E-state index is 10.6. The molecule has 0 fully saturated rings. The van der Waals surface area contributed by atoms with Gasteiger partial charge in [0, 0.05) is 17.7 Å². The second-order valence-electron chi connectivity index (χ2n) is 4.19. The summed E-state index contributed by atoms with van der Waals surface area (Å²) in [5.41, 5.74) is 1.47. The van der Waals surface area contributed by atoms with E-state index in [1.807, 2.05) is 6.92 Å². The van der Waals surface area contributed by atoms with Crippen LogP contribution in [0.2, 0.25) is 0 Å². The molecule has 0 aliphatic rings. The highest BCUT2D eigenvalue weighted by atomic mass is 16.5. The van der Waals surface area contributed by atoms with Gasteiger partial charge in [0.15, 0.2) is 11.8 Å². The molecule has 0 bridgehead atoms. The summed E-state index contributed by atoms with van der Waals surface area (Å²) >= 11 is 0. The molecule has 2 aromatic rings. The van der Waals surface area contributed by atoms with Crippen LogP contribution >= 0.6 is 0 Å². The molecule has 0 saturated carbocycles. The number of ether oxygens (including phenoxy) is 1. The van der Waals surface area contributed by atoms with Crippen LogP contribution in [0.15, 0.2) is 30.3 Å². The summed E-state index contributed by atoms with van der Waals surface area (Å²) in [4.78, 5) is 10.6. The molecule has 2 rings (SSSR count). The number of hydrogen-bond acceptors (Lipinski definition) is 4. The molecule has 5 heteroatoms. The Bertz CT molecular complexity index is 570. The van der Waals surface area contributed by atoms with E-state index in [9.17, 15) is 15.0 Å². The minimum absolute atomic E-state index is 0.00544. The van der Waals surface area contributed by atoms with Gasteiger partial charge in [0.05, 0.1) is 6.54 Å². The maximum Gasteiger partial charge on any atom is 0.193 e. The lowest BCUT2D eigenvalue weighted by molar-refractivity contribution is 0.112. The van der Waals surface area contributed by atoms with Crippen molar-refractivity contribution < 1.29 is 19.7 Å². The average molecular weight is 261 g/mol. The monoisotopic (exact) mass is 261 g/mol. The van der Waals surface area contributed by atoms with Crippen molar-refractivity contribution in [3.05, 3.63) is 41.5 Å². The molecule has 5 nitrogen and oxygen atoms in total. The average Bonchev–Trinajstić information content (AvgIpc) is 2.72. The quantitative estimate of drug-likeness (QED) is 0.808. The lowest BCUT2D eigenvalue weighted by Crippen LogP contribution is -2.08. The molecule has 0 amide bonds. The summed E-state index contributed by atoms with van der Waals surface area (Å²) in [5, 5.41) is 18.9. The summed E-state index contributed by atoms with van der Waals surface area (Å²) in [6, 6.07) is 7.99. The van der Waals surface area contributed by atoms with E-state index in [-0.39, 0.29) is 11.8 Å². The Hall–Kier alpha value is -2.43. The number of nitrogens with zero attached hydrogens (tertiary/aromatic N) is 1. The van der Waals surface area contributed by atoms with E-state index in [0.29, 0.717) is 24.5 Å². The smallest absolute Gasteiger partial charge is 0.193 e. The number of aldehydes is 1. The summed E-state index contributed by atoms with van der Waals surface area (Å²) < 4.78 is 6.90. The molecule has 1 aromatic carbocycles. The summed E-state index contributed by atoms with van der Waals surface area (Å²) in [6.45, 7) is 2.49. The van der Waals surface area contributed by atoms with Crippen molar-refractivity contribution in [3.8, 4) is 17.5 Å². The van der Waals surface area contributed by atoms with Gasteiger partial charge < -0.3 is 14.9 Å². The van der Waals surface area contributed by atoms with Crippen molar-refractivity contribution in [2.75, 3.05) is 6.61 Å². The predicted octanol–water partition coefficient (Wildman–Crippen LogP) is 2.10. The Morgan fingerprint density at radius 2 is 1.89 bits per heavy atom. The molecular formula is C14H15NO4. The van der Waals surface area contributed by atoms with Crippen LogP contribution < -0.4 is 4.74 Å². The van der Waals surface area contributed by atoms with Gasteiger partial charge in [-0.15, -0.1) is 0 Å². The van der Waals surface area contributed by atoms with Crippen molar-refractivity contribution in [2.45, 2.75) is 13.5 Å². The maximum absolute atomic E-state index is 10.6. The molecule has 0 saturated heterocycles. The highest BCUT2D eigenvalue weighted by Crippen LogP contribution is 2.22. The third-order valence-corrected chi connectivity index (χ3v) is 2.84. The molecule has 1 aromatic heterocycles. The first-order valence-corrected chi connectivity index (χ1v) is 5.88. The van der Waals surface area contributed by atoms with Crippen molar-refractivity contribution in [1.29, 1.82) is 0 Å².